The number of rotatable bonds is 7. The molecule has 0 atom stereocenters. The van der Waals surface area contributed by atoms with Gasteiger partial charge in [-0.2, -0.15) is 0 Å². The molecule has 0 aliphatic carbocycles. The van der Waals surface area contributed by atoms with Crippen LogP contribution in [0.5, 0.6) is 17.2 Å². The first-order chi connectivity index (χ1) is 16.0. The number of carbonyl (C=O) groups excluding carboxylic acids is 1. The summed E-state index contributed by atoms with van der Waals surface area (Å²) in [4.78, 5) is 25.8. The molecule has 0 bridgehead atoms. The fraction of sp³-hybridized carbons (Fsp3) is 0.120. The molecule has 1 N–H and O–H groups in total. The van der Waals surface area contributed by atoms with E-state index in [-0.39, 0.29) is 16.9 Å². The summed E-state index contributed by atoms with van der Waals surface area (Å²) >= 11 is 3.45. The Balaban J connectivity index is 1.69. The monoisotopic (exact) mass is 509 g/mol. The Hall–Kier alpha value is -3.78. The van der Waals surface area contributed by atoms with Gasteiger partial charge >= 0.3 is 0 Å². The van der Waals surface area contributed by atoms with Gasteiger partial charge < -0.3 is 23.9 Å². The lowest BCUT2D eigenvalue weighted by Gasteiger charge is -2.13. The average molecular weight is 510 g/mol. The van der Waals surface area contributed by atoms with Gasteiger partial charge in [0.25, 0.3) is 5.91 Å². The summed E-state index contributed by atoms with van der Waals surface area (Å²) in [6.45, 7) is -0.397. The first-order valence-corrected chi connectivity index (χ1v) is 10.8. The summed E-state index contributed by atoms with van der Waals surface area (Å²) < 4.78 is 23.0. The van der Waals surface area contributed by atoms with Crippen LogP contribution in [0.1, 0.15) is 0 Å². The molecule has 0 saturated heterocycles. The van der Waals surface area contributed by atoms with Crippen LogP contribution in [-0.2, 0) is 4.79 Å². The number of benzene rings is 3. The van der Waals surface area contributed by atoms with Crippen molar-refractivity contribution in [1.29, 1.82) is 0 Å². The molecule has 0 radical (unpaired) electrons. The Kier molecular flexibility index (Phi) is 6.65. The van der Waals surface area contributed by atoms with E-state index in [0.717, 1.165) is 0 Å². The van der Waals surface area contributed by atoms with Gasteiger partial charge in [-0.05, 0) is 58.4 Å². The van der Waals surface area contributed by atoms with Crippen molar-refractivity contribution in [2.24, 2.45) is 0 Å². The van der Waals surface area contributed by atoms with E-state index in [1.54, 1.807) is 73.8 Å². The number of hydrogen-bond donors (Lipinski definition) is 1. The fourth-order valence-corrected chi connectivity index (χ4v) is 3.87. The summed E-state index contributed by atoms with van der Waals surface area (Å²) in [5.41, 5.74) is 1.13. The number of anilines is 1. The Labute approximate surface area is 198 Å². The number of para-hydroxylation sites is 3. The van der Waals surface area contributed by atoms with Crippen molar-refractivity contribution >= 4 is 38.5 Å². The quantitative estimate of drug-likeness (QED) is 0.365. The van der Waals surface area contributed by atoms with Crippen LogP contribution in [0.15, 0.2) is 80.4 Å². The number of nitrogens with one attached hydrogen (secondary N) is 1. The Morgan fingerprint density at radius 3 is 2.45 bits per heavy atom. The molecule has 8 heteroatoms. The molecule has 4 rings (SSSR count). The molecule has 1 heterocycles. The van der Waals surface area contributed by atoms with E-state index < -0.39 is 12.5 Å². The molecule has 33 heavy (non-hydrogen) atoms. The number of ether oxygens (including phenoxy) is 3. The maximum absolute atomic E-state index is 13.2. The van der Waals surface area contributed by atoms with Gasteiger partial charge in [-0.25, -0.2) is 0 Å². The first-order valence-electron chi connectivity index (χ1n) is 9.97. The molecule has 3 aromatic carbocycles. The molecule has 0 aliphatic heterocycles. The molecule has 168 valence electrons. The number of hydrogen-bond acceptors (Lipinski definition) is 6. The SMILES string of the molecule is COc1ccc(-c2oc3ccccc3c(=O)c2OCC(=O)Nc2ccccc2OC)cc1Br. The van der Waals surface area contributed by atoms with Gasteiger partial charge in [-0.1, -0.05) is 24.3 Å². The Morgan fingerprint density at radius 1 is 0.970 bits per heavy atom. The summed E-state index contributed by atoms with van der Waals surface area (Å²) in [7, 11) is 3.08. The van der Waals surface area contributed by atoms with E-state index in [1.807, 2.05) is 0 Å². The van der Waals surface area contributed by atoms with Crippen molar-refractivity contribution in [2.45, 2.75) is 0 Å². The van der Waals surface area contributed by atoms with Crippen molar-refractivity contribution in [1.82, 2.24) is 0 Å². The second kappa shape index (κ2) is 9.79. The van der Waals surface area contributed by atoms with Crippen LogP contribution in [0, 0.1) is 0 Å². The minimum atomic E-state index is -0.450. The second-order valence-electron chi connectivity index (χ2n) is 6.97. The van der Waals surface area contributed by atoms with Gasteiger partial charge in [-0.3, -0.25) is 9.59 Å². The minimum absolute atomic E-state index is 0.0547. The zero-order valence-electron chi connectivity index (χ0n) is 17.9. The van der Waals surface area contributed by atoms with Crippen LogP contribution < -0.4 is 25.0 Å². The van der Waals surface area contributed by atoms with E-state index >= 15 is 0 Å². The number of methoxy groups -OCH3 is 2. The molecular weight excluding hydrogens is 490 g/mol. The molecule has 0 spiro atoms. The minimum Gasteiger partial charge on any atom is -0.496 e. The highest BCUT2D eigenvalue weighted by Gasteiger charge is 2.20. The van der Waals surface area contributed by atoms with Gasteiger partial charge in [0, 0.05) is 5.56 Å². The molecule has 0 aliphatic rings. The topological polar surface area (TPSA) is 87.0 Å². The van der Waals surface area contributed by atoms with Crippen molar-refractivity contribution < 1.29 is 23.4 Å². The van der Waals surface area contributed by atoms with E-state index in [0.29, 0.717) is 38.2 Å². The molecular formula is C25H20BrNO6. The van der Waals surface area contributed by atoms with Crippen LogP contribution in [0.25, 0.3) is 22.3 Å². The van der Waals surface area contributed by atoms with E-state index in [9.17, 15) is 9.59 Å². The van der Waals surface area contributed by atoms with Crippen LogP contribution in [0.4, 0.5) is 5.69 Å². The van der Waals surface area contributed by atoms with Crippen LogP contribution in [-0.4, -0.2) is 26.7 Å². The highest BCUT2D eigenvalue weighted by molar-refractivity contribution is 9.10. The molecule has 0 saturated carbocycles. The van der Waals surface area contributed by atoms with Crippen LogP contribution in [0.3, 0.4) is 0 Å². The third-order valence-electron chi connectivity index (χ3n) is 4.90. The smallest absolute Gasteiger partial charge is 0.262 e. The highest BCUT2D eigenvalue weighted by atomic mass is 79.9. The summed E-state index contributed by atoms with van der Waals surface area (Å²) in [5.74, 6) is 0.849. The van der Waals surface area contributed by atoms with Gasteiger partial charge in [0.2, 0.25) is 11.2 Å². The van der Waals surface area contributed by atoms with Crippen LogP contribution in [0.2, 0.25) is 0 Å². The number of carbonyl (C=O) groups is 1. The third kappa shape index (κ3) is 4.70. The standard InChI is InChI=1S/C25H20BrNO6/c1-30-20-12-11-15(13-17(20)26)24-25(23(29)16-7-3-5-9-19(16)33-24)32-14-22(28)27-18-8-4-6-10-21(18)31-2/h3-13H,14H2,1-2H3,(H,27,28). The van der Waals surface area contributed by atoms with Crippen LogP contribution >= 0.6 is 15.9 Å². The maximum atomic E-state index is 13.2. The average Bonchev–Trinajstić information content (AvgIpc) is 2.83. The predicted octanol–water partition coefficient (Wildman–Crippen LogP) is 5.26. The molecule has 7 nitrogen and oxygen atoms in total. The number of amides is 1. The molecule has 1 amide bonds. The van der Waals surface area contributed by atoms with E-state index in [4.69, 9.17) is 18.6 Å². The number of halogens is 1. The van der Waals surface area contributed by atoms with Crippen molar-refractivity contribution in [3.63, 3.8) is 0 Å². The van der Waals surface area contributed by atoms with Gasteiger partial charge in [0.15, 0.2) is 12.4 Å². The fourth-order valence-electron chi connectivity index (χ4n) is 3.33. The normalized spacial score (nSPS) is 10.6. The molecule has 1 aromatic heterocycles. The van der Waals surface area contributed by atoms with Crippen molar-refractivity contribution in [3.8, 4) is 28.6 Å². The Bertz CT molecular complexity index is 1380. The molecule has 0 unspecified atom stereocenters. The van der Waals surface area contributed by atoms with Gasteiger partial charge in [0.05, 0.1) is 29.8 Å². The van der Waals surface area contributed by atoms with Crippen molar-refractivity contribution in [2.75, 3.05) is 26.1 Å². The summed E-state index contributed by atoms with van der Waals surface area (Å²) in [6.07, 6.45) is 0. The summed E-state index contributed by atoms with van der Waals surface area (Å²) in [6, 6.07) is 19.1. The highest BCUT2D eigenvalue weighted by Crippen LogP contribution is 2.35. The Morgan fingerprint density at radius 2 is 1.70 bits per heavy atom. The second-order valence-corrected chi connectivity index (χ2v) is 7.83. The maximum Gasteiger partial charge on any atom is 0.262 e. The first kappa shape index (κ1) is 22.4. The summed E-state index contributed by atoms with van der Waals surface area (Å²) in [5, 5.41) is 3.08. The predicted molar refractivity (Wildman–Crippen MR) is 129 cm³/mol. The molecule has 4 aromatic rings. The van der Waals surface area contributed by atoms with E-state index in [1.165, 1.54) is 7.11 Å². The molecule has 0 fully saturated rings. The van der Waals surface area contributed by atoms with Gasteiger partial charge in [-0.15, -0.1) is 0 Å². The largest absolute Gasteiger partial charge is 0.496 e. The van der Waals surface area contributed by atoms with Crippen molar-refractivity contribution in [3.05, 3.63) is 81.4 Å². The zero-order valence-corrected chi connectivity index (χ0v) is 19.5. The lowest BCUT2D eigenvalue weighted by molar-refractivity contribution is -0.118. The van der Waals surface area contributed by atoms with E-state index in [2.05, 4.69) is 21.2 Å². The lowest BCUT2D eigenvalue weighted by Crippen LogP contribution is -2.23. The number of fused-ring (bicyclic) bond motifs is 1. The lowest BCUT2D eigenvalue weighted by atomic mass is 10.1. The van der Waals surface area contributed by atoms with Gasteiger partial charge in [0.1, 0.15) is 17.1 Å². The third-order valence-corrected chi connectivity index (χ3v) is 5.52. The zero-order chi connectivity index (χ0) is 23.4.